The minimum Gasteiger partial charge on any atom is -0.495 e. The highest BCUT2D eigenvalue weighted by Crippen LogP contribution is 2.37. The molecule has 4 aliphatic heterocycles. The van der Waals surface area contributed by atoms with Gasteiger partial charge in [-0.25, -0.2) is 13.1 Å². The standard InChI is InChI=1S/C26H36N4O3S/c1-33-26-10-6-5-9-25(26)29-15-13-28(14-16-29)19-22-20-30-12-11-21(22)17-23(30)18-27-34(31,32)24-7-3-2-4-8-24/h2-10,21-23,27H,11-20H2,1H3. The first kappa shape index (κ1) is 23.6. The van der Waals surface area contributed by atoms with E-state index in [2.05, 4.69) is 31.6 Å². The molecule has 2 aromatic rings. The van der Waals surface area contributed by atoms with E-state index in [1.165, 1.54) is 12.1 Å². The van der Waals surface area contributed by atoms with Crippen LogP contribution in [0.3, 0.4) is 0 Å². The van der Waals surface area contributed by atoms with E-state index in [0.717, 1.165) is 58.0 Å². The van der Waals surface area contributed by atoms with E-state index in [9.17, 15) is 8.42 Å². The fourth-order valence-electron chi connectivity index (χ4n) is 5.95. The maximum absolute atomic E-state index is 12.6. The Morgan fingerprint density at radius 2 is 1.71 bits per heavy atom. The van der Waals surface area contributed by atoms with Crippen molar-refractivity contribution in [2.75, 3.05) is 64.4 Å². The van der Waals surface area contributed by atoms with Crippen molar-refractivity contribution in [2.45, 2.75) is 23.8 Å². The third kappa shape index (κ3) is 5.10. The first-order valence-corrected chi connectivity index (χ1v) is 13.9. The SMILES string of the molecule is COc1ccccc1N1CCN(CC2CN3CCC2CC3CNS(=O)(=O)c2ccccc2)CC1. The Bertz CT molecular complexity index is 1060. The number of nitrogens with zero attached hydrogens (tertiary/aromatic N) is 3. The first-order chi connectivity index (χ1) is 16.5. The third-order valence-electron chi connectivity index (χ3n) is 7.87. The molecule has 0 amide bonds. The molecule has 4 heterocycles. The van der Waals surface area contributed by atoms with Crippen LogP contribution >= 0.6 is 0 Å². The summed E-state index contributed by atoms with van der Waals surface area (Å²) in [5, 5.41) is 0. The highest BCUT2D eigenvalue weighted by Gasteiger charge is 2.41. The molecule has 0 spiro atoms. The van der Waals surface area contributed by atoms with Gasteiger partial charge in [0.25, 0.3) is 0 Å². The lowest BCUT2D eigenvalue weighted by molar-refractivity contribution is -0.0107. The lowest BCUT2D eigenvalue weighted by atomic mass is 9.75. The first-order valence-electron chi connectivity index (χ1n) is 12.4. The van der Waals surface area contributed by atoms with Gasteiger partial charge in [0, 0.05) is 51.9 Å². The molecule has 4 atom stereocenters. The summed E-state index contributed by atoms with van der Waals surface area (Å²) in [6, 6.07) is 17.2. The Balaban J connectivity index is 1.11. The number of para-hydroxylation sites is 2. The smallest absolute Gasteiger partial charge is 0.240 e. The van der Waals surface area contributed by atoms with Crippen molar-refractivity contribution in [2.24, 2.45) is 11.8 Å². The number of ether oxygens (including phenoxy) is 1. The Morgan fingerprint density at radius 1 is 0.971 bits per heavy atom. The third-order valence-corrected chi connectivity index (χ3v) is 9.31. The van der Waals surface area contributed by atoms with Crippen molar-refractivity contribution in [3.63, 3.8) is 0 Å². The van der Waals surface area contributed by atoms with Gasteiger partial charge >= 0.3 is 0 Å². The zero-order valence-electron chi connectivity index (χ0n) is 20.0. The summed E-state index contributed by atoms with van der Waals surface area (Å²) in [6.07, 6.45) is 2.32. The number of sulfonamides is 1. The monoisotopic (exact) mass is 484 g/mol. The van der Waals surface area contributed by atoms with Gasteiger partial charge in [0.05, 0.1) is 17.7 Å². The van der Waals surface area contributed by atoms with Crippen LogP contribution < -0.4 is 14.4 Å². The van der Waals surface area contributed by atoms with Gasteiger partial charge in [-0.2, -0.15) is 0 Å². The number of hydrogen-bond donors (Lipinski definition) is 1. The van der Waals surface area contributed by atoms with E-state index in [0.29, 0.717) is 29.3 Å². The van der Waals surface area contributed by atoms with Gasteiger partial charge in [-0.3, -0.25) is 9.80 Å². The van der Waals surface area contributed by atoms with Crippen LogP contribution in [-0.2, 0) is 10.0 Å². The summed E-state index contributed by atoms with van der Waals surface area (Å²) in [6.45, 7) is 7.98. The summed E-state index contributed by atoms with van der Waals surface area (Å²) in [7, 11) is -1.71. The predicted molar refractivity (Wildman–Crippen MR) is 135 cm³/mol. The fourth-order valence-corrected chi connectivity index (χ4v) is 7.05. The van der Waals surface area contributed by atoms with E-state index >= 15 is 0 Å². The molecule has 8 heteroatoms. The van der Waals surface area contributed by atoms with E-state index in [1.54, 1.807) is 31.4 Å². The molecule has 6 rings (SSSR count). The van der Waals surface area contributed by atoms with Crippen molar-refractivity contribution >= 4 is 15.7 Å². The Kier molecular flexibility index (Phi) is 7.11. The number of fused-ring (bicyclic) bond motifs is 3. The summed E-state index contributed by atoms with van der Waals surface area (Å²) >= 11 is 0. The molecule has 2 aromatic carbocycles. The zero-order valence-corrected chi connectivity index (χ0v) is 20.8. The fraction of sp³-hybridized carbons (Fsp3) is 0.538. The second-order valence-electron chi connectivity index (χ2n) is 9.82. The molecule has 4 unspecified atom stereocenters. The average molecular weight is 485 g/mol. The van der Waals surface area contributed by atoms with Gasteiger partial charge in [-0.1, -0.05) is 30.3 Å². The van der Waals surface area contributed by atoms with Crippen molar-refractivity contribution < 1.29 is 13.2 Å². The largest absolute Gasteiger partial charge is 0.495 e. The van der Waals surface area contributed by atoms with Crippen LogP contribution in [0.5, 0.6) is 5.75 Å². The van der Waals surface area contributed by atoms with Crippen LogP contribution in [0, 0.1) is 11.8 Å². The Hall–Kier alpha value is -2.13. The summed E-state index contributed by atoms with van der Waals surface area (Å²) in [4.78, 5) is 7.91. The maximum Gasteiger partial charge on any atom is 0.240 e. The van der Waals surface area contributed by atoms with Crippen LogP contribution in [0.4, 0.5) is 5.69 Å². The molecule has 0 saturated carbocycles. The van der Waals surface area contributed by atoms with Gasteiger partial charge in [0.1, 0.15) is 5.75 Å². The molecule has 7 nitrogen and oxygen atoms in total. The predicted octanol–water partition coefficient (Wildman–Crippen LogP) is 2.51. The molecule has 0 aliphatic carbocycles. The van der Waals surface area contributed by atoms with Crippen LogP contribution in [0.15, 0.2) is 59.5 Å². The summed E-state index contributed by atoms with van der Waals surface area (Å²) < 4.78 is 33.7. The molecular formula is C26H36N4O3S. The maximum atomic E-state index is 12.6. The number of benzene rings is 2. The minimum atomic E-state index is -3.44. The van der Waals surface area contributed by atoms with Crippen LogP contribution in [-0.4, -0.2) is 83.7 Å². The van der Waals surface area contributed by atoms with Crippen molar-refractivity contribution in [3.05, 3.63) is 54.6 Å². The lowest BCUT2D eigenvalue weighted by Gasteiger charge is -2.51. The van der Waals surface area contributed by atoms with Crippen molar-refractivity contribution in [1.29, 1.82) is 0 Å². The van der Waals surface area contributed by atoms with Gasteiger partial charge in [-0.05, 0) is 55.5 Å². The van der Waals surface area contributed by atoms with Crippen LogP contribution in [0.1, 0.15) is 12.8 Å². The van der Waals surface area contributed by atoms with Gasteiger partial charge in [-0.15, -0.1) is 0 Å². The minimum absolute atomic E-state index is 0.302. The second-order valence-corrected chi connectivity index (χ2v) is 11.6. The molecule has 0 radical (unpaired) electrons. The van der Waals surface area contributed by atoms with E-state index in [4.69, 9.17) is 4.74 Å². The number of piperazine rings is 1. The quantitative estimate of drug-likeness (QED) is 0.621. The van der Waals surface area contributed by atoms with Gasteiger partial charge in [0.2, 0.25) is 10.0 Å². The molecule has 2 bridgehead atoms. The molecule has 4 saturated heterocycles. The zero-order chi connectivity index (χ0) is 23.5. The average Bonchev–Trinajstić information content (AvgIpc) is 2.89. The topological polar surface area (TPSA) is 65.1 Å². The second kappa shape index (κ2) is 10.2. The molecule has 4 aliphatic rings. The highest BCUT2D eigenvalue weighted by atomic mass is 32.2. The molecule has 34 heavy (non-hydrogen) atoms. The van der Waals surface area contributed by atoms with Gasteiger partial charge < -0.3 is 9.64 Å². The van der Waals surface area contributed by atoms with E-state index in [-0.39, 0.29) is 0 Å². The Morgan fingerprint density at radius 3 is 2.41 bits per heavy atom. The molecular weight excluding hydrogens is 448 g/mol. The van der Waals surface area contributed by atoms with Crippen LogP contribution in [0.2, 0.25) is 0 Å². The van der Waals surface area contributed by atoms with Gasteiger partial charge in [0.15, 0.2) is 0 Å². The summed E-state index contributed by atoms with van der Waals surface area (Å²) in [5.41, 5.74) is 1.19. The number of rotatable bonds is 8. The molecule has 184 valence electrons. The van der Waals surface area contributed by atoms with Crippen molar-refractivity contribution in [1.82, 2.24) is 14.5 Å². The number of anilines is 1. The normalized spacial score (nSPS) is 27.6. The highest BCUT2D eigenvalue weighted by molar-refractivity contribution is 7.89. The van der Waals surface area contributed by atoms with Crippen molar-refractivity contribution in [3.8, 4) is 5.75 Å². The lowest BCUT2D eigenvalue weighted by Crippen LogP contribution is -2.59. The number of methoxy groups -OCH3 is 1. The number of piperidine rings is 3. The molecule has 0 aromatic heterocycles. The summed E-state index contributed by atoms with van der Waals surface area (Å²) in [5.74, 6) is 2.30. The Labute approximate surface area is 203 Å². The van der Waals surface area contributed by atoms with Crippen LogP contribution in [0.25, 0.3) is 0 Å². The number of hydrogen-bond acceptors (Lipinski definition) is 6. The van der Waals surface area contributed by atoms with E-state index in [1.807, 2.05) is 18.2 Å². The molecule has 1 N–H and O–H groups in total. The molecule has 4 fully saturated rings. The number of nitrogens with one attached hydrogen (secondary N) is 1. The van der Waals surface area contributed by atoms with E-state index < -0.39 is 10.0 Å².